The Morgan fingerprint density at radius 1 is 1.11 bits per heavy atom. The molecule has 11 nitrogen and oxygen atoms in total. The number of aliphatic hydroxyl groups is 4. The fourth-order valence-electron chi connectivity index (χ4n) is 6.21. The van der Waals surface area contributed by atoms with Crippen molar-refractivity contribution in [2.24, 2.45) is 4.99 Å². The second-order valence-corrected chi connectivity index (χ2v) is 9.83. The molecular weight excluding hydrogens is 480 g/mol. The van der Waals surface area contributed by atoms with E-state index in [0.717, 1.165) is 16.0 Å². The summed E-state index contributed by atoms with van der Waals surface area (Å²) in [7, 11) is 1.45. The van der Waals surface area contributed by atoms with Crippen molar-refractivity contribution in [3.8, 4) is 0 Å². The summed E-state index contributed by atoms with van der Waals surface area (Å²) in [6.45, 7) is -0.572. The number of hydrogen-bond acceptors (Lipinski definition) is 9. The molecule has 6 atom stereocenters. The summed E-state index contributed by atoms with van der Waals surface area (Å²) in [6, 6.07) is -0.514. The quantitative estimate of drug-likeness (QED) is 0.304. The lowest BCUT2D eigenvalue weighted by Gasteiger charge is -2.46. The number of aromatic amines is 1. The van der Waals surface area contributed by atoms with Gasteiger partial charge in [-0.2, -0.15) is 0 Å². The number of amides is 2. The topological polar surface area (TPSA) is 159 Å². The molecule has 0 saturated carbocycles. The van der Waals surface area contributed by atoms with Crippen molar-refractivity contribution in [3.63, 3.8) is 0 Å². The van der Waals surface area contributed by atoms with Gasteiger partial charge in [0.2, 0.25) is 0 Å². The minimum atomic E-state index is -1.58. The van der Waals surface area contributed by atoms with Gasteiger partial charge in [-0.1, -0.05) is 30.4 Å². The summed E-state index contributed by atoms with van der Waals surface area (Å²) in [5.74, 6) is -0.829. The Balaban J connectivity index is 1.59. The van der Waals surface area contributed by atoms with Gasteiger partial charge in [-0.05, 0) is 12.0 Å². The first-order chi connectivity index (χ1) is 17.8. The van der Waals surface area contributed by atoms with Crippen LogP contribution >= 0.6 is 0 Å². The van der Waals surface area contributed by atoms with Crippen LogP contribution in [0.4, 0.5) is 5.69 Å². The Labute approximate surface area is 209 Å². The lowest BCUT2D eigenvalue weighted by molar-refractivity contribution is -0.228. The molecule has 190 valence electrons. The minimum absolute atomic E-state index is 0.276. The Morgan fingerprint density at radius 2 is 1.89 bits per heavy atom. The molecule has 7 rings (SSSR count). The molecule has 1 saturated heterocycles. The molecule has 5 N–H and O–H groups in total. The predicted octanol–water partition coefficient (Wildman–Crippen LogP) is -1.65. The van der Waals surface area contributed by atoms with E-state index in [1.165, 1.54) is 7.05 Å². The van der Waals surface area contributed by atoms with Crippen LogP contribution in [0.25, 0.3) is 16.5 Å². The van der Waals surface area contributed by atoms with Crippen molar-refractivity contribution in [2.45, 2.75) is 43.1 Å². The van der Waals surface area contributed by atoms with Gasteiger partial charge in [0, 0.05) is 29.4 Å². The number of benzene rings is 1. The number of aromatic nitrogens is 1. The molecule has 0 spiro atoms. The Kier molecular flexibility index (Phi) is 4.70. The van der Waals surface area contributed by atoms with Gasteiger partial charge in [-0.25, -0.2) is 4.99 Å². The average Bonchev–Trinajstić information content (AvgIpc) is 3.53. The number of allylic oxidation sites excluding steroid dienone is 3. The van der Waals surface area contributed by atoms with E-state index in [4.69, 9.17) is 4.74 Å². The number of imide groups is 1. The number of ether oxygens (including phenoxy) is 1. The molecule has 4 aliphatic heterocycles. The van der Waals surface area contributed by atoms with E-state index in [-0.39, 0.29) is 5.56 Å². The molecule has 1 fully saturated rings. The van der Waals surface area contributed by atoms with Crippen molar-refractivity contribution in [2.75, 3.05) is 18.6 Å². The van der Waals surface area contributed by atoms with Crippen molar-refractivity contribution < 1.29 is 34.8 Å². The number of H-pyrrole nitrogens is 1. The number of hydrogen-bond donors (Lipinski definition) is 5. The fourth-order valence-corrected chi connectivity index (χ4v) is 6.21. The number of fused-ring (bicyclic) bond motifs is 9. The molecule has 2 amide bonds. The normalized spacial score (nSPS) is 31.6. The lowest BCUT2D eigenvalue weighted by atomic mass is 9.94. The molecule has 0 radical (unpaired) electrons. The number of nitrogens with zero attached hydrogens (tertiary/aromatic N) is 3. The molecule has 5 aliphatic rings. The minimum Gasteiger partial charge on any atom is -0.394 e. The molecule has 11 heteroatoms. The third kappa shape index (κ3) is 2.75. The zero-order valence-corrected chi connectivity index (χ0v) is 19.7. The standard InChI is InChI=1S/C26H24N4O7/c1-29-24(35)16-14-11-6-4-8-27-23(11)28-18(14)19-15(17(16)25(29)36)10-5-2-3-7-12(10)30(19)26-22(34)21(33)20(32)13(9-31)37-26/h2-5,7-8,12-13,20-22,26,31-34H,6,9H2,1H3,(H,27,28)/t12?,13-,20-,21+,22-,26-/m1/s1. The summed E-state index contributed by atoms with van der Waals surface area (Å²) in [5, 5.41) is 43.0. The lowest BCUT2D eigenvalue weighted by Crippen LogP contribution is -2.64. The van der Waals surface area contributed by atoms with Crippen LogP contribution in [0.1, 0.15) is 26.3 Å². The van der Waals surface area contributed by atoms with Gasteiger partial charge >= 0.3 is 0 Å². The number of carbonyl (C=O) groups is 2. The molecule has 37 heavy (non-hydrogen) atoms. The van der Waals surface area contributed by atoms with Crippen LogP contribution in [0.15, 0.2) is 41.6 Å². The van der Waals surface area contributed by atoms with Crippen molar-refractivity contribution in [1.82, 2.24) is 9.88 Å². The predicted molar refractivity (Wildman–Crippen MR) is 130 cm³/mol. The van der Waals surface area contributed by atoms with Gasteiger partial charge in [-0.15, -0.1) is 0 Å². The Bertz CT molecular complexity index is 1620. The molecular formula is C26H24N4O7. The van der Waals surface area contributed by atoms with Gasteiger partial charge in [0.1, 0.15) is 29.9 Å². The number of nitrogens with one attached hydrogen (secondary N) is 1. The SMILES string of the molecule is CN1C(=O)c2c(c3c4c([nH]c3c3c2=C2C=CC=CC2N3[C@@H]2O[C@H](CO)[C@@H](O)[C@H](O)[C@H]2O)=NC=CC4)C1=O. The largest absolute Gasteiger partial charge is 0.394 e. The maximum Gasteiger partial charge on any atom is 0.262 e. The zero-order chi connectivity index (χ0) is 25.7. The van der Waals surface area contributed by atoms with Crippen LogP contribution in [0.2, 0.25) is 0 Å². The van der Waals surface area contributed by atoms with Gasteiger partial charge in [0.25, 0.3) is 11.8 Å². The Morgan fingerprint density at radius 3 is 2.68 bits per heavy atom. The average molecular weight is 504 g/mol. The van der Waals surface area contributed by atoms with E-state index in [9.17, 15) is 30.0 Å². The number of carbonyl (C=O) groups excluding carboxylic acids is 2. The van der Waals surface area contributed by atoms with Gasteiger partial charge in [0.15, 0.2) is 6.23 Å². The van der Waals surface area contributed by atoms with E-state index < -0.39 is 55.1 Å². The van der Waals surface area contributed by atoms with Crippen LogP contribution in [-0.4, -0.2) is 92.5 Å². The highest BCUT2D eigenvalue weighted by Crippen LogP contribution is 2.43. The van der Waals surface area contributed by atoms with E-state index in [1.54, 1.807) is 11.1 Å². The van der Waals surface area contributed by atoms with Crippen LogP contribution in [0.3, 0.4) is 0 Å². The van der Waals surface area contributed by atoms with E-state index in [2.05, 4.69) is 9.98 Å². The zero-order valence-electron chi connectivity index (χ0n) is 19.7. The van der Waals surface area contributed by atoms with Crippen LogP contribution < -0.4 is 15.6 Å². The van der Waals surface area contributed by atoms with Crippen LogP contribution in [0.5, 0.6) is 0 Å². The van der Waals surface area contributed by atoms with Gasteiger partial charge < -0.3 is 35.0 Å². The molecule has 2 aromatic rings. The molecule has 1 unspecified atom stereocenters. The second kappa shape index (κ2) is 7.70. The monoisotopic (exact) mass is 504 g/mol. The summed E-state index contributed by atoms with van der Waals surface area (Å²) in [4.78, 5) is 37.5. The first-order valence-electron chi connectivity index (χ1n) is 12.1. The van der Waals surface area contributed by atoms with E-state index >= 15 is 0 Å². The van der Waals surface area contributed by atoms with Gasteiger partial charge in [0.05, 0.1) is 35.0 Å². The number of anilines is 1. The van der Waals surface area contributed by atoms with Crippen molar-refractivity contribution >= 4 is 34.0 Å². The summed E-state index contributed by atoms with van der Waals surface area (Å²) >= 11 is 0. The Hall–Kier alpha value is -3.61. The number of rotatable bonds is 2. The smallest absolute Gasteiger partial charge is 0.262 e. The first kappa shape index (κ1) is 22.6. The molecule has 1 aliphatic carbocycles. The number of aliphatic hydroxyl groups excluding tert-OH is 4. The summed E-state index contributed by atoms with van der Waals surface area (Å²) in [6.07, 6.45) is 4.49. The van der Waals surface area contributed by atoms with E-state index in [0.29, 0.717) is 39.3 Å². The highest BCUT2D eigenvalue weighted by Gasteiger charge is 2.51. The third-order valence-electron chi connectivity index (χ3n) is 7.96. The van der Waals surface area contributed by atoms with Crippen LogP contribution in [-0.2, 0) is 11.2 Å². The van der Waals surface area contributed by atoms with Crippen LogP contribution in [0, 0.1) is 0 Å². The van der Waals surface area contributed by atoms with Gasteiger partial charge in [-0.3, -0.25) is 14.5 Å². The fraction of sp³-hybridized carbons (Fsp3) is 0.346. The van der Waals surface area contributed by atoms with Crippen molar-refractivity contribution in [1.29, 1.82) is 0 Å². The highest BCUT2D eigenvalue weighted by atomic mass is 16.6. The summed E-state index contributed by atoms with van der Waals surface area (Å²) in [5.41, 5.74) is 3.76. The first-order valence-corrected chi connectivity index (χ1v) is 12.1. The summed E-state index contributed by atoms with van der Waals surface area (Å²) < 4.78 is 5.99. The molecule has 1 aromatic carbocycles. The van der Waals surface area contributed by atoms with Crippen molar-refractivity contribution in [3.05, 3.63) is 64.0 Å². The van der Waals surface area contributed by atoms with E-state index in [1.807, 2.05) is 30.4 Å². The molecule has 5 heterocycles. The maximum atomic E-state index is 13.5. The maximum absolute atomic E-state index is 13.5. The molecule has 0 bridgehead atoms. The second-order valence-electron chi connectivity index (χ2n) is 9.83. The molecule has 1 aromatic heterocycles. The third-order valence-corrected chi connectivity index (χ3v) is 7.96. The highest BCUT2D eigenvalue weighted by molar-refractivity contribution is 6.28.